The van der Waals surface area contributed by atoms with Crippen molar-refractivity contribution in [3.8, 4) is 0 Å². The van der Waals surface area contributed by atoms with E-state index in [9.17, 15) is 0 Å². The van der Waals surface area contributed by atoms with Crippen LogP contribution in [0.2, 0.25) is 38.3 Å². The predicted molar refractivity (Wildman–Crippen MR) is 89.0 cm³/mol. The van der Waals surface area contributed by atoms with Crippen LogP contribution in [0, 0.1) is 0 Å². The zero-order valence-corrected chi connectivity index (χ0v) is 14.9. The quantitative estimate of drug-likeness (QED) is 0.633. The zero-order chi connectivity index (χ0) is 16.4. The Morgan fingerprint density at radius 3 is 1.94 bits per heavy atom. The molecular formula is C16H28Si2. The molecule has 0 nitrogen and oxygen atoms in total. The fourth-order valence-electron chi connectivity index (χ4n) is 2.67. The van der Waals surface area contributed by atoms with Crippen LogP contribution in [0.3, 0.4) is 0 Å². The van der Waals surface area contributed by atoms with Crippen LogP contribution in [-0.4, -0.2) is 16.1 Å². The van der Waals surface area contributed by atoms with Gasteiger partial charge >= 0.3 is 0 Å². The molecule has 0 aromatic heterocycles. The van der Waals surface area contributed by atoms with Crippen molar-refractivity contribution in [3.63, 3.8) is 0 Å². The monoisotopic (exact) mass is 279 g/mol. The van der Waals surface area contributed by atoms with E-state index in [1.54, 1.807) is 0 Å². The average Bonchev–Trinajstić information content (AvgIpc) is 2.28. The molecule has 2 heteroatoms. The third-order valence-electron chi connectivity index (χ3n) is 4.29. The molecule has 0 saturated carbocycles. The maximum Gasteiger partial charge on any atom is 0.0802 e. The Bertz CT molecular complexity index is 599. The van der Waals surface area contributed by atoms with Crippen molar-refractivity contribution < 1.29 is 4.11 Å². The molecule has 0 atom stereocenters. The van der Waals surface area contributed by atoms with Crippen LogP contribution in [0.4, 0.5) is 0 Å². The molecule has 0 fully saturated rings. The lowest BCUT2D eigenvalue weighted by Crippen LogP contribution is -2.63. The van der Waals surface area contributed by atoms with E-state index in [-0.39, 0.29) is 5.41 Å². The lowest BCUT2D eigenvalue weighted by molar-refractivity contribution is 0.591. The highest BCUT2D eigenvalue weighted by Gasteiger charge is 2.39. The fraction of sp³-hybridized carbons (Fsp3) is 0.625. The van der Waals surface area contributed by atoms with E-state index in [4.69, 9.17) is 4.11 Å². The number of hydrogen-bond donors (Lipinski definition) is 0. The predicted octanol–water partition coefficient (Wildman–Crippen LogP) is 3.83. The molecule has 0 bridgehead atoms. The molecule has 2 rings (SSSR count). The molecular weight excluding hydrogens is 248 g/mol. The molecule has 0 aliphatic carbocycles. The normalized spacial score (nSPS) is 23.8. The molecule has 1 heterocycles. The van der Waals surface area contributed by atoms with Gasteiger partial charge in [0.25, 0.3) is 0 Å². The minimum absolute atomic E-state index is 0.243. The van der Waals surface area contributed by atoms with Crippen LogP contribution in [0.5, 0.6) is 0 Å². The van der Waals surface area contributed by atoms with E-state index < -0.39 is 16.1 Å². The van der Waals surface area contributed by atoms with Gasteiger partial charge in [0, 0.05) is 0 Å². The molecule has 1 aliphatic heterocycles. The second-order valence-corrected chi connectivity index (χ2v) is 17.6. The second kappa shape index (κ2) is 4.07. The first-order valence-electron chi connectivity index (χ1n) is 8.46. The van der Waals surface area contributed by atoms with Crippen molar-refractivity contribution >= 4 is 26.5 Å². The lowest BCUT2D eigenvalue weighted by Gasteiger charge is -2.40. The van der Waals surface area contributed by atoms with E-state index in [1.165, 1.54) is 17.3 Å². The standard InChI is InChI=1S/C16H28Si2/c1-16(2,3)13-8-9-14-15(12-13)18(6,7)11-10-17(14,4)5/h8-9,12H,10-11H2,1-7H3/i8D,9D,12D. The van der Waals surface area contributed by atoms with Gasteiger partial charge < -0.3 is 0 Å². The van der Waals surface area contributed by atoms with Crippen LogP contribution in [0.15, 0.2) is 18.1 Å². The molecule has 1 aliphatic rings. The largest absolute Gasteiger partial charge is 0.0802 e. The highest BCUT2D eigenvalue weighted by atomic mass is 28.3. The fourth-order valence-corrected chi connectivity index (χ4v) is 12.5. The van der Waals surface area contributed by atoms with Gasteiger partial charge in [-0.2, -0.15) is 0 Å². The Kier molecular flexibility index (Phi) is 2.36. The van der Waals surface area contributed by atoms with E-state index in [2.05, 4.69) is 47.0 Å². The Balaban J connectivity index is 2.97. The van der Waals surface area contributed by atoms with Crippen molar-refractivity contribution in [2.24, 2.45) is 0 Å². The molecule has 0 spiro atoms. The van der Waals surface area contributed by atoms with Crippen LogP contribution in [-0.2, 0) is 5.41 Å². The van der Waals surface area contributed by atoms with Crippen molar-refractivity contribution in [1.29, 1.82) is 0 Å². The molecule has 0 saturated heterocycles. The summed E-state index contributed by atoms with van der Waals surface area (Å²) in [5, 5.41) is 2.34. The highest BCUT2D eigenvalue weighted by Crippen LogP contribution is 2.28. The second-order valence-electron chi connectivity index (χ2n) is 8.02. The topological polar surface area (TPSA) is 0 Å². The number of rotatable bonds is 0. The number of hydrogen-bond acceptors (Lipinski definition) is 0. The SMILES string of the molecule is [2H]c1c([2H])c2c(c([2H])c1C(C)(C)C)[Si](C)(C)CC[Si]2(C)C. The van der Waals surface area contributed by atoms with Gasteiger partial charge in [-0.15, -0.1) is 0 Å². The third-order valence-corrected chi connectivity index (χ3v) is 11.5. The van der Waals surface area contributed by atoms with Gasteiger partial charge in [0.15, 0.2) is 0 Å². The first-order chi connectivity index (χ1) is 9.31. The molecule has 18 heavy (non-hydrogen) atoms. The van der Waals surface area contributed by atoms with Gasteiger partial charge in [-0.25, -0.2) is 0 Å². The van der Waals surface area contributed by atoms with Gasteiger partial charge in [-0.05, 0) is 11.0 Å². The molecule has 0 unspecified atom stereocenters. The summed E-state index contributed by atoms with van der Waals surface area (Å²) >= 11 is 0. The van der Waals surface area contributed by atoms with Gasteiger partial charge in [-0.1, -0.05) is 87.5 Å². The summed E-state index contributed by atoms with van der Waals surface area (Å²) in [7, 11) is -3.35. The molecule has 0 N–H and O–H groups in total. The third kappa shape index (κ3) is 2.37. The summed E-state index contributed by atoms with van der Waals surface area (Å²) in [6.07, 6.45) is 0. The Morgan fingerprint density at radius 2 is 1.44 bits per heavy atom. The van der Waals surface area contributed by atoms with Gasteiger partial charge in [0.2, 0.25) is 0 Å². The summed E-state index contributed by atoms with van der Waals surface area (Å²) < 4.78 is 25.9. The molecule has 0 amide bonds. The molecule has 100 valence electrons. The molecule has 0 radical (unpaired) electrons. The minimum Gasteiger partial charge on any atom is -0.0654 e. The van der Waals surface area contributed by atoms with Crippen LogP contribution in [0.1, 0.15) is 30.4 Å². The Labute approximate surface area is 119 Å². The summed E-state index contributed by atoms with van der Waals surface area (Å²) in [4.78, 5) is 0. The van der Waals surface area contributed by atoms with Gasteiger partial charge in [0.1, 0.15) is 0 Å². The highest BCUT2D eigenvalue weighted by molar-refractivity contribution is 7.03. The minimum atomic E-state index is -1.68. The number of fused-ring (bicyclic) bond motifs is 1. The Morgan fingerprint density at radius 1 is 0.944 bits per heavy atom. The molecule has 1 aromatic rings. The maximum absolute atomic E-state index is 8.80. The summed E-state index contributed by atoms with van der Waals surface area (Å²) in [5.74, 6) is 0. The van der Waals surface area contributed by atoms with Crippen molar-refractivity contribution in [2.45, 2.75) is 64.5 Å². The average molecular weight is 280 g/mol. The summed E-state index contributed by atoms with van der Waals surface area (Å²) in [5.41, 5.74) is 0.533. The van der Waals surface area contributed by atoms with E-state index in [1.807, 2.05) is 0 Å². The first-order valence-corrected chi connectivity index (χ1v) is 13.4. The Hall–Kier alpha value is -0.346. The van der Waals surface area contributed by atoms with Gasteiger partial charge in [0.05, 0.1) is 20.3 Å². The summed E-state index contributed by atoms with van der Waals surface area (Å²) in [6.45, 7) is 15.5. The van der Waals surface area contributed by atoms with E-state index >= 15 is 0 Å². The van der Waals surface area contributed by atoms with Crippen LogP contribution >= 0.6 is 0 Å². The van der Waals surface area contributed by atoms with Crippen molar-refractivity contribution in [1.82, 2.24) is 0 Å². The van der Waals surface area contributed by atoms with Crippen molar-refractivity contribution in [2.75, 3.05) is 0 Å². The summed E-state index contributed by atoms with van der Waals surface area (Å²) in [6, 6.07) is 3.77. The van der Waals surface area contributed by atoms with Crippen LogP contribution in [0.25, 0.3) is 0 Å². The number of benzene rings is 1. The first kappa shape index (κ1) is 10.4. The van der Waals surface area contributed by atoms with Gasteiger partial charge in [-0.3, -0.25) is 0 Å². The van der Waals surface area contributed by atoms with E-state index in [0.717, 1.165) is 10.8 Å². The zero-order valence-electron chi connectivity index (χ0n) is 15.9. The lowest BCUT2D eigenvalue weighted by atomic mass is 9.87. The van der Waals surface area contributed by atoms with Crippen LogP contribution < -0.4 is 10.4 Å². The van der Waals surface area contributed by atoms with E-state index in [0.29, 0.717) is 18.1 Å². The smallest absolute Gasteiger partial charge is 0.0654 e. The maximum atomic E-state index is 8.80. The van der Waals surface area contributed by atoms with Crippen molar-refractivity contribution in [3.05, 3.63) is 23.7 Å². The molecule has 1 aromatic carbocycles.